The normalized spacial score (nSPS) is 27.0. The van der Waals surface area contributed by atoms with Gasteiger partial charge in [0.2, 0.25) is 0 Å². The zero-order valence-electron chi connectivity index (χ0n) is 16.3. The third kappa shape index (κ3) is 4.01. The van der Waals surface area contributed by atoms with E-state index in [-0.39, 0.29) is 5.69 Å². The lowest BCUT2D eigenvalue weighted by molar-refractivity contribution is 0.154. The van der Waals surface area contributed by atoms with Crippen molar-refractivity contribution < 1.29 is 0 Å². The molecule has 0 spiro atoms. The average molecular weight is 370 g/mol. The topological polar surface area (TPSA) is 69.1 Å². The summed E-state index contributed by atoms with van der Waals surface area (Å²) in [4.78, 5) is 15.3. The Kier molecular flexibility index (Phi) is 5.45. The number of likely N-dealkylation sites (tertiary alicyclic amines) is 1. The highest BCUT2D eigenvalue weighted by atomic mass is 16.2. The van der Waals surface area contributed by atoms with Crippen LogP contribution in [0.3, 0.4) is 0 Å². The van der Waals surface area contributed by atoms with Crippen LogP contribution in [0, 0.1) is 5.92 Å². The molecule has 0 bridgehead atoms. The molecule has 1 aromatic carbocycles. The number of hydrogen-bond acceptors (Lipinski definition) is 4. The molecule has 0 radical (unpaired) electrons. The van der Waals surface area contributed by atoms with Crippen molar-refractivity contribution in [1.82, 2.24) is 19.2 Å². The molecule has 146 valence electrons. The van der Waals surface area contributed by atoms with Crippen molar-refractivity contribution in [2.24, 2.45) is 18.7 Å². The molecular weight excluding hydrogens is 338 g/mol. The second-order valence-corrected chi connectivity index (χ2v) is 8.31. The number of rotatable bonds is 4. The quantitative estimate of drug-likeness (QED) is 0.898. The molecule has 0 unspecified atom stereocenters. The lowest BCUT2D eigenvalue weighted by Gasteiger charge is -2.36. The van der Waals surface area contributed by atoms with E-state index in [0.29, 0.717) is 12.0 Å². The average Bonchev–Trinajstić information content (AvgIpc) is 2.99. The largest absolute Gasteiger partial charge is 0.350 e. The number of aromatic nitrogens is 3. The van der Waals surface area contributed by atoms with Gasteiger partial charge in [-0.3, -0.25) is 0 Å². The van der Waals surface area contributed by atoms with E-state index in [1.165, 1.54) is 17.5 Å². The molecule has 2 N–H and O–H groups in total. The van der Waals surface area contributed by atoms with E-state index in [9.17, 15) is 4.79 Å². The van der Waals surface area contributed by atoms with Crippen LogP contribution in [-0.2, 0) is 7.05 Å². The minimum Gasteiger partial charge on any atom is -0.328 e. The summed E-state index contributed by atoms with van der Waals surface area (Å²) in [7, 11) is 1.75. The first-order chi connectivity index (χ1) is 13.1. The van der Waals surface area contributed by atoms with E-state index in [2.05, 4.69) is 10.00 Å². The Morgan fingerprint density at radius 2 is 1.85 bits per heavy atom. The standard InChI is InChI=1S/C21H31N5O/c1-24-21(27)26(19-7-3-2-4-8-19)20(23-24)17-6-5-13-25(15-17)14-16-9-11-18(22)12-10-16/h2-4,7-8,16-18H,5-6,9-15,22H2,1H3/t16?,17-,18?/m1/s1. The molecule has 2 heterocycles. The third-order valence-electron chi connectivity index (χ3n) is 6.24. The molecule has 0 amide bonds. The van der Waals surface area contributed by atoms with Crippen molar-refractivity contribution in [3.8, 4) is 5.69 Å². The summed E-state index contributed by atoms with van der Waals surface area (Å²) in [6.45, 7) is 3.30. The van der Waals surface area contributed by atoms with Gasteiger partial charge in [0.1, 0.15) is 5.82 Å². The number of benzene rings is 1. The van der Waals surface area contributed by atoms with Gasteiger partial charge in [0.25, 0.3) is 0 Å². The molecule has 1 aromatic heterocycles. The molecule has 1 saturated carbocycles. The second-order valence-electron chi connectivity index (χ2n) is 8.31. The Bertz CT molecular complexity index is 804. The van der Waals surface area contributed by atoms with Crippen molar-refractivity contribution in [3.05, 3.63) is 46.6 Å². The van der Waals surface area contributed by atoms with Crippen LogP contribution in [0.5, 0.6) is 0 Å². The third-order valence-corrected chi connectivity index (χ3v) is 6.24. The summed E-state index contributed by atoms with van der Waals surface area (Å²) in [5.41, 5.74) is 6.91. The molecule has 1 aliphatic heterocycles. The highest BCUT2D eigenvalue weighted by Gasteiger charge is 2.29. The van der Waals surface area contributed by atoms with Gasteiger partial charge in [-0.15, -0.1) is 0 Å². The molecule has 1 saturated heterocycles. The maximum absolute atomic E-state index is 12.7. The molecule has 2 aromatic rings. The fourth-order valence-corrected chi connectivity index (χ4v) is 4.74. The number of hydrogen-bond donors (Lipinski definition) is 1. The van der Waals surface area contributed by atoms with Gasteiger partial charge in [-0.25, -0.2) is 14.0 Å². The van der Waals surface area contributed by atoms with E-state index in [1.807, 2.05) is 30.3 Å². The summed E-state index contributed by atoms with van der Waals surface area (Å²) in [6, 6.07) is 10.3. The minimum absolute atomic E-state index is 0.0606. The van der Waals surface area contributed by atoms with Crippen molar-refractivity contribution in [2.75, 3.05) is 19.6 Å². The predicted molar refractivity (Wildman–Crippen MR) is 107 cm³/mol. The summed E-state index contributed by atoms with van der Waals surface area (Å²) < 4.78 is 3.28. The highest BCUT2D eigenvalue weighted by molar-refractivity contribution is 5.33. The number of para-hydroxylation sites is 1. The summed E-state index contributed by atoms with van der Waals surface area (Å²) in [6.07, 6.45) is 7.08. The Balaban J connectivity index is 1.52. The zero-order chi connectivity index (χ0) is 18.8. The van der Waals surface area contributed by atoms with Crippen LogP contribution in [0.2, 0.25) is 0 Å². The van der Waals surface area contributed by atoms with Crippen molar-refractivity contribution in [1.29, 1.82) is 0 Å². The van der Waals surface area contributed by atoms with Crippen LogP contribution in [0.1, 0.15) is 50.3 Å². The van der Waals surface area contributed by atoms with E-state index >= 15 is 0 Å². The monoisotopic (exact) mass is 369 g/mol. The first-order valence-electron chi connectivity index (χ1n) is 10.3. The number of nitrogens with two attached hydrogens (primary N) is 1. The molecular formula is C21H31N5O. The van der Waals surface area contributed by atoms with E-state index in [0.717, 1.165) is 62.7 Å². The van der Waals surface area contributed by atoms with Gasteiger partial charge in [0.15, 0.2) is 0 Å². The summed E-state index contributed by atoms with van der Waals surface area (Å²) in [5, 5.41) is 4.63. The first kappa shape index (κ1) is 18.4. The van der Waals surface area contributed by atoms with Crippen molar-refractivity contribution in [2.45, 2.75) is 50.5 Å². The summed E-state index contributed by atoms with van der Waals surface area (Å²) in [5.74, 6) is 1.98. The molecule has 6 heteroatoms. The van der Waals surface area contributed by atoms with Crippen molar-refractivity contribution >= 4 is 0 Å². The van der Waals surface area contributed by atoms with E-state index < -0.39 is 0 Å². The Morgan fingerprint density at radius 3 is 2.59 bits per heavy atom. The van der Waals surface area contributed by atoms with Gasteiger partial charge >= 0.3 is 5.69 Å². The summed E-state index contributed by atoms with van der Waals surface area (Å²) >= 11 is 0. The fourth-order valence-electron chi connectivity index (χ4n) is 4.74. The molecule has 2 fully saturated rings. The smallest absolute Gasteiger partial charge is 0.328 e. The Hall–Kier alpha value is -1.92. The zero-order valence-corrected chi connectivity index (χ0v) is 16.3. The van der Waals surface area contributed by atoms with Crippen LogP contribution in [0.15, 0.2) is 35.1 Å². The maximum Gasteiger partial charge on any atom is 0.350 e. The van der Waals surface area contributed by atoms with Gasteiger partial charge in [0.05, 0.1) is 5.69 Å². The Morgan fingerprint density at radius 1 is 1.11 bits per heavy atom. The van der Waals surface area contributed by atoms with E-state index in [4.69, 9.17) is 5.73 Å². The first-order valence-corrected chi connectivity index (χ1v) is 10.3. The molecule has 1 aliphatic carbocycles. The number of aryl methyl sites for hydroxylation is 1. The molecule has 2 aliphatic rings. The van der Waals surface area contributed by atoms with Gasteiger partial charge < -0.3 is 10.6 Å². The van der Waals surface area contributed by atoms with Crippen LogP contribution >= 0.6 is 0 Å². The Labute approximate surface area is 161 Å². The highest BCUT2D eigenvalue weighted by Crippen LogP contribution is 2.29. The molecule has 1 atom stereocenters. The van der Waals surface area contributed by atoms with Crippen LogP contribution < -0.4 is 11.4 Å². The van der Waals surface area contributed by atoms with Crippen molar-refractivity contribution in [3.63, 3.8) is 0 Å². The predicted octanol–water partition coefficient (Wildman–Crippen LogP) is 2.27. The van der Waals surface area contributed by atoms with Crippen LogP contribution in [-0.4, -0.2) is 44.9 Å². The van der Waals surface area contributed by atoms with E-state index in [1.54, 1.807) is 11.6 Å². The van der Waals surface area contributed by atoms with Gasteiger partial charge in [0, 0.05) is 32.1 Å². The van der Waals surface area contributed by atoms with Gasteiger partial charge in [-0.2, -0.15) is 5.10 Å². The SMILES string of the molecule is Cn1nc([C@@H]2CCCN(CC3CCC(N)CC3)C2)n(-c2ccccc2)c1=O. The maximum atomic E-state index is 12.7. The lowest BCUT2D eigenvalue weighted by Crippen LogP contribution is -2.40. The fraction of sp³-hybridized carbons (Fsp3) is 0.619. The van der Waals surface area contributed by atoms with Crippen LogP contribution in [0.4, 0.5) is 0 Å². The molecule has 6 nitrogen and oxygen atoms in total. The molecule has 4 rings (SSSR count). The molecule has 27 heavy (non-hydrogen) atoms. The minimum atomic E-state index is -0.0606. The van der Waals surface area contributed by atoms with Gasteiger partial charge in [-0.05, 0) is 63.1 Å². The second kappa shape index (κ2) is 7.98. The van der Waals surface area contributed by atoms with Crippen LogP contribution in [0.25, 0.3) is 5.69 Å². The van der Waals surface area contributed by atoms with Gasteiger partial charge in [-0.1, -0.05) is 18.2 Å². The number of piperidine rings is 1. The number of nitrogens with zero attached hydrogens (tertiary/aromatic N) is 4. The lowest BCUT2D eigenvalue weighted by atomic mass is 9.85.